The van der Waals surface area contributed by atoms with Gasteiger partial charge in [-0.05, 0) is 29.8 Å². The third-order valence-electron chi connectivity index (χ3n) is 2.95. The molecule has 0 spiro atoms. The van der Waals surface area contributed by atoms with Gasteiger partial charge in [0.2, 0.25) is 0 Å². The number of hydrogen-bond acceptors (Lipinski definition) is 5. The van der Waals surface area contributed by atoms with Crippen molar-refractivity contribution in [2.45, 2.75) is 6.54 Å². The molecule has 20 heavy (non-hydrogen) atoms. The molecule has 0 amide bonds. The zero-order valence-electron chi connectivity index (χ0n) is 11.9. The molecule has 0 radical (unpaired) electrons. The first kappa shape index (κ1) is 14.0. The van der Waals surface area contributed by atoms with E-state index in [-0.39, 0.29) is 5.75 Å². The standard InChI is InChI=1S/C15H19N3O2/c1-18(2)15-7-5-12(10-17-15)16-9-11-4-6-13(19)14(8-11)20-3/h4-8,10,16,19H,9H2,1-3H3. The molecule has 2 aromatic rings. The van der Waals surface area contributed by atoms with Crippen molar-refractivity contribution in [1.29, 1.82) is 0 Å². The Morgan fingerprint density at radius 2 is 2.05 bits per heavy atom. The summed E-state index contributed by atoms with van der Waals surface area (Å²) >= 11 is 0. The molecule has 1 aromatic carbocycles. The van der Waals surface area contributed by atoms with E-state index in [0.29, 0.717) is 12.3 Å². The van der Waals surface area contributed by atoms with Crippen LogP contribution >= 0.6 is 0 Å². The molecule has 1 aromatic heterocycles. The van der Waals surface area contributed by atoms with E-state index in [1.54, 1.807) is 12.3 Å². The first-order valence-electron chi connectivity index (χ1n) is 6.33. The van der Waals surface area contributed by atoms with Crippen molar-refractivity contribution in [3.63, 3.8) is 0 Å². The number of nitrogens with zero attached hydrogens (tertiary/aromatic N) is 2. The minimum atomic E-state index is 0.147. The van der Waals surface area contributed by atoms with Crippen LogP contribution < -0.4 is 15.0 Å². The number of phenolic OH excluding ortho intramolecular Hbond substituents is 1. The summed E-state index contributed by atoms with van der Waals surface area (Å²) in [6.07, 6.45) is 1.80. The highest BCUT2D eigenvalue weighted by Gasteiger charge is 2.03. The third-order valence-corrected chi connectivity index (χ3v) is 2.95. The summed E-state index contributed by atoms with van der Waals surface area (Å²) in [5.41, 5.74) is 1.97. The average Bonchev–Trinajstić information content (AvgIpc) is 2.46. The van der Waals surface area contributed by atoms with Crippen LogP contribution in [-0.4, -0.2) is 31.3 Å². The maximum absolute atomic E-state index is 9.54. The Kier molecular flexibility index (Phi) is 4.30. The van der Waals surface area contributed by atoms with Crippen LogP contribution in [0.5, 0.6) is 11.5 Å². The van der Waals surface area contributed by atoms with E-state index in [2.05, 4.69) is 10.3 Å². The number of nitrogens with one attached hydrogen (secondary N) is 1. The first-order valence-corrected chi connectivity index (χ1v) is 6.33. The maximum atomic E-state index is 9.54. The molecular weight excluding hydrogens is 254 g/mol. The van der Waals surface area contributed by atoms with Crippen molar-refractivity contribution in [3.8, 4) is 11.5 Å². The van der Waals surface area contributed by atoms with Crippen LogP contribution in [0.15, 0.2) is 36.5 Å². The van der Waals surface area contributed by atoms with Gasteiger partial charge in [0.1, 0.15) is 5.82 Å². The van der Waals surface area contributed by atoms with Gasteiger partial charge in [0.05, 0.1) is 19.0 Å². The Morgan fingerprint density at radius 1 is 1.25 bits per heavy atom. The van der Waals surface area contributed by atoms with Crippen molar-refractivity contribution >= 4 is 11.5 Å². The number of aromatic hydroxyl groups is 1. The van der Waals surface area contributed by atoms with E-state index >= 15 is 0 Å². The van der Waals surface area contributed by atoms with E-state index in [1.807, 2.05) is 43.3 Å². The molecule has 0 atom stereocenters. The lowest BCUT2D eigenvalue weighted by Crippen LogP contribution is -2.10. The zero-order chi connectivity index (χ0) is 14.5. The number of aromatic nitrogens is 1. The number of methoxy groups -OCH3 is 1. The molecule has 0 saturated carbocycles. The summed E-state index contributed by atoms with van der Waals surface area (Å²) in [5.74, 6) is 1.54. The molecule has 106 valence electrons. The Hall–Kier alpha value is -2.43. The van der Waals surface area contributed by atoms with Gasteiger partial charge in [-0.15, -0.1) is 0 Å². The number of benzene rings is 1. The van der Waals surface area contributed by atoms with E-state index in [1.165, 1.54) is 7.11 Å². The summed E-state index contributed by atoms with van der Waals surface area (Å²) in [7, 11) is 5.45. The van der Waals surface area contributed by atoms with Gasteiger partial charge in [0.15, 0.2) is 11.5 Å². The molecule has 5 heteroatoms. The quantitative estimate of drug-likeness (QED) is 0.876. The topological polar surface area (TPSA) is 57.6 Å². The minimum absolute atomic E-state index is 0.147. The van der Waals surface area contributed by atoms with E-state index < -0.39 is 0 Å². The summed E-state index contributed by atoms with van der Waals surface area (Å²) in [6.45, 7) is 0.639. The summed E-state index contributed by atoms with van der Waals surface area (Å²) in [5, 5.41) is 12.8. The fourth-order valence-corrected chi connectivity index (χ4v) is 1.79. The predicted molar refractivity (Wildman–Crippen MR) is 80.5 cm³/mol. The lowest BCUT2D eigenvalue weighted by Gasteiger charge is -2.12. The molecule has 5 nitrogen and oxygen atoms in total. The van der Waals surface area contributed by atoms with E-state index in [9.17, 15) is 5.11 Å². The van der Waals surface area contributed by atoms with Crippen molar-refractivity contribution in [3.05, 3.63) is 42.1 Å². The second kappa shape index (κ2) is 6.14. The molecule has 0 aliphatic rings. The van der Waals surface area contributed by atoms with Crippen molar-refractivity contribution < 1.29 is 9.84 Å². The highest BCUT2D eigenvalue weighted by atomic mass is 16.5. The molecular formula is C15H19N3O2. The molecule has 0 aliphatic carbocycles. The third kappa shape index (κ3) is 3.32. The summed E-state index contributed by atoms with van der Waals surface area (Å²) < 4.78 is 5.08. The minimum Gasteiger partial charge on any atom is -0.504 e. The maximum Gasteiger partial charge on any atom is 0.160 e. The normalized spacial score (nSPS) is 10.2. The van der Waals surface area contributed by atoms with Gasteiger partial charge < -0.3 is 20.1 Å². The van der Waals surface area contributed by atoms with E-state index in [4.69, 9.17) is 4.74 Å². The molecule has 0 bridgehead atoms. The second-order valence-electron chi connectivity index (χ2n) is 4.66. The predicted octanol–water partition coefficient (Wildman–Crippen LogP) is 2.47. The second-order valence-corrected chi connectivity index (χ2v) is 4.66. The van der Waals surface area contributed by atoms with Crippen molar-refractivity contribution in [2.75, 3.05) is 31.4 Å². The van der Waals surface area contributed by atoms with E-state index in [0.717, 1.165) is 17.1 Å². The number of ether oxygens (including phenoxy) is 1. The fourth-order valence-electron chi connectivity index (χ4n) is 1.79. The Balaban J connectivity index is 2.01. The van der Waals surface area contributed by atoms with Crippen LogP contribution in [-0.2, 0) is 6.54 Å². The molecule has 0 fully saturated rings. The molecule has 0 unspecified atom stereocenters. The van der Waals surface area contributed by atoms with Crippen molar-refractivity contribution in [1.82, 2.24) is 4.98 Å². The summed E-state index contributed by atoms with van der Waals surface area (Å²) in [4.78, 5) is 6.29. The van der Waals surface area contributed by atoms with Gasteiger partial charge in [-0.3, -0.25) is 0 Å². The SMILES string of the molecule is COc1cc(CNc2ccc(N(C)C)nc2)ccc1O. The highest BCUT2D eigenvalue weighted by Crippen LogP contribution is 2.26. The zero-order valence-corrected chi connectivity index (χ0v) is 11.9. The van der Waals surface area contributed by atoms with Crippen LogP contribution in [0.4, 0.5) is 11.5 Å². The van der Waals surface area contributed by atoms with Gasteiger partial charge in [-0.1, -0.05) is 6.07 Å². The first-order chi connectivity index (χ1) is 9.60. The monoisotopic (exact) mass is 273 g/mol. The van der Waals surface area contributed by atoms with Crippen LogP contribution in [0.25, 0.3) is 0 Å². The fraction of sp³-hybridized carbons (Fsp3) is 0.267. The van der Waals surface area contributed by atoms with Gasteiger partial charge in [0, 0.05) is 20.6 Å². The largest absolute Gasteiger partial charge is 0.504 e. The average molecular weight is 273 g/mol. The lowest BCUT2D eigenvalue weighted by atomic mass is 10.2. The Morgan fingerprint density at radius 3 is 2.65 bits per heavy atom. The van der Waals surface area contributed by atoms with Crippen LogP contribution in [0.3, 0.4) is 0 Å². The molecule has 0 aliphatic heterocycles. The Labute approximate surface area is 118 Å². The smallest absolute Gasteiger partial charge is 0.160 e. The van der Waals surface area contributed by atoms with Crippen molar-refractivity contribution in [2.24, 2.45) is 0 Å². The summed E-state index contributed by atoms with van der Waals surface area (Å²) in [6, 6.07) is 9.24. The highest BCUT2D eigenvalue weighted by molar-refractivity contribution is 5.49. The lowest BCUT2D eigenvalue weighted by molar-refractivity contribution is 0.373. The van der Waals surface area contributed by atoms with Gasteiger partial charge in [-0.2, -0.15) is 0 Å². The number of pyridine rings is 1. The number of anilines is 2. The van der Waals surface area contributed by atoms with Gasteiger partial charge >= 0.3 is 0 Å². The number of phenols is 1. The van der Waals surface area contributed by atoms with Crippen LogP contribution in [0.1, 0.15) is 5.56 Å². The van der Waals surface area contributed by atoms with Gasteiger partial charge in [-0.25, -0.2) is 4.98 Å². The van der Waals surface area contributed by atoms with Crippen LogP contribution in [0.2, 0.25) is 0 Å². The molecule has 1 heterocycles. The van der Waals surface area contributed by atoms with Gasteiger partial charge in [0.25, 0.3) is 0 Å². The molecule has 2 rings (SSSR count). The number of rotatable bonds is 5. The number of hydrogen-bond donors (Lipinski definition) is 2. The molecule has 0 saturated heterocycles. The molecule has 2 N–H and O–H groups in total. The van der Waals surface area contributed by atoms with Crippen LogP contribution in [0, 0.1) is 0 Å². The Bertz CT molecular complexity index is 568.